The Kier molecular flexibility index (Phi) is 4.17. The van der Waals surface area contributed by atoms with Crippen molar-refractivity contribution in [1.29, 1.82) is 0 Å². The van der Waals surface area contributed by atoms with E-state index in [1.807, 2.05) is 11.0 Å². The van der Waals surface area contributed by atoms with E-state index in [1.165, 1.54) is 0 Å². The molecule has 2 rings (SSSR count). The minimum absolute atomic E-state index is 0.0324. The topological polar surface area (TPSA) is 46.6 Å². The van der Waals surface area contributed by atoms with Crippen molar-refractivity contribution in [2.75, 3.05) is 19.7 Å². The summed E-state index contributed by atoms with van der Waals surface area (Å²) in [5, 5.41) is 0. The zero-order chi connectivity index (χ0) is 13.0. The summed E-state index contributed by atoms with van der Waals surface area (Å²) in [6, 6.07) is 0. The van der Waals surface area contributed by atoms with E-state index in [2.05, 4.69) is 6.08 Å². The van der Waals surface area contributed by atoms with Crippen molar-refractivity contribution in [3.63, 3.8) is 0 Å². The second-order valence-corrected chi connectivity index (χ2v) is 4.91. The van der Waals surface area contributed by atoms with Crippen molar-refractivity contribution >= 4 is 11.8 Å². The summed E-state index contributed by atoms with van der Waals surface area (Å²) in [7, 11) is 0. The van der Waals surface area contributed by atoms with E-state index < -0.39 is 5.54 Å². The standard InChI is InChI=1S/C14H21NO3/c1-2-18-13(17)14-9-5-3-6-10-15(14)11-7-4-8-12(14)16/h3,5H,2,4,6-11H2,1H3. The molecule has 2 aliphatic heterocycles. The van der Waals surface area contributed by atoms with Crippen LogP contribution < -0.4 is 0 Å². The summed E-state index contributed by atoms with van der Waals surface area (Å²) in [5.41, 5.74) is -1.04. The Morgan fingerprint density at radius 2 is 2.22 bits per heavy atom. The summed E-state index contributed by atoms with van der Waals surface area (Å²) in [6.45, 7) is 3.69. The molecular weight excluding hydrogens is 230 g/mol. The second kappa shape index (κ2) is 5.65. The number of esters is 1. The fourth-order valence-corrected chi connectivity index (χ4v) is 2.89. The highest BCUT2D eigenvalue weighted by molar-refractivity contribution is 6.09. The first-order valence-corrected chi connectivity index (χ1v) is 6.82. The number of ketones is 1. The maximum absolute atomic E-state index is 12.5. The molecule has 2 aliphatic rings. The summed E-state index contributed by atoms with van der Waals surface area (Å²) in [4.78, 5) is 26.9. The summed E-state index contributed by atoms with van der Waals surface area (Å²) in [5.74, 6) is -0.326. The predicted molar refractivity (Wildman–Crippen MR) is 68.2 cm³/mol. The quantitative estimate of drug-likeness (QED) is 0.426. The average molecular weight is 251 g/mol. The molecule has 4 nitrogen and oxygen atoms in total. The normalized spacial score (nSPS) is 29.3. The third-order valence-electron chi connectivity index (χ3n) is 3.84. The van der Waals surface area contributed by atoms with Crippen molar-refractivity contribution in [1.82, 2.24) is 4.90 Å². The van der Waals surface area contributed by atoms with E-state index in [0.29, 0.717) is 19.4 Å². The van der Waals surface area contributed by atoms with Crippen LogP contribution in [0.25, 0.3) is 0 Å². The third kappa shape index (κ3) is 2.21. The van der Waals surface area contributed by atoms with Gasteiger partial charge in [-0.15, -0.1) is 0 Å². The molecule has 0 bridgehead atoms. The molecule has 18 heavy (non-hydrogen) atoms. The SMILES string of the molecule is CCOC(=O)C12CC=CCCN1CCCCC2=O. The van der Waals surface area contributed by atoms with E-state index in [4.69, 9.17) is 4.74 Å². The van der Waals surface area contributed by atoms with Crippen LogP contribution in [0, 0.1) is 0 Å². The van der Waals surface area contributed by atoms with Crippen LogP contribution >= 0.6 is 0 Å². The Bertz CT molecular complexity index is 364. The average Bonchev–Trinajstić information content (AvgIpc) is 2.64. The monoisotopic (exact) mass is 251 g/mol. The van der Waals surface area contributed by atoms with Gasteiger partial charge in [-0.3, -0.25) is 9.69 Å². The lowest BCUT2D eigenvalue weighted by Gasteiger charge is -2.37. The number of rotatable bonds is 2. The molecule has 0 spiro atoms. The highest BCUT2D eigenvalue weighted by atomic mass is 16.5. The van der Waals surface area contributed by atoms with Crippen LogP contribution in [0.5, 0.6) is 0 Å². The van der Waals surface area contributed by atoms with Gasteiger partial charge in [-0.25, -0.2) is 4.79 Å². The highest BCUT2D eigenvalue weighted by Crippen LogP contribution is 2.31. The lowest BCUT2D eigenvalue weighted by Crippen LogP contribution is -2.59. The number of hydrogen-bond acceptors (Lipinski definition) is 4. The van der Waals surface area contributed by atoms with Crippen LogP contribution in [0.4, 0.5) is 0 Å². The Morgan fingerprint density at radius 1 is 1.39 bits per heavy atom. The van der Waals surface area contributed by atoms with Crippen LogP contribution in [-0.4, -0.2) is 41.9 Å². The van der Waals surface area contributed by atoms with Gasteiger partial charge in [-0.2, -0.15) is 0 Å². The molecule has 1 atom stereocenters. The van der Waals surface area contributed by atoms with E-state index in [0.717, 1.165) is 32.4 Å². The van der Waals surface area contributed by atoms with Crippen molar-refractivity contribution in [3.8, 4) is 0 Å². The van der Waals surface area contributed by atoms with Gasteiger partial charge in [0.25, 0.3) is 0 Å². The molecule has 0 aromatic heterocycles. The zero-order valence-electron chi connectivity index (χ0n) is 11.0. The molecule has 100 valence electrons. The first-order chi connectivity index (χ1) is 8.71. The minimum Gasteiger partial charge on any atom is -0.464 e. The molecule has 4 heteroatoms. The smallest absolute Gasteiger partial charge is 0.334 e. The Hall–Kier alpha value is -1.16. The Morgan fingerprint density at radius 3 is 3.00 bits per heavy atom. The highest BCUT2D eigenvalue weighted by Gasteiger charge is 2.51. The molecule has 0 N–H and O–H groups in total. The van der Waals surface area contributed by atoms with E-state index in [9.17, 15) is 9.59 Å². The molecule has 0 aromatic carbocycles. The van der Waals surface area contributed by atoms with Gasteiger partial charge in [0.15, 0.2) is 11.3 Å². The minimum atomic E-state index is -1.04. The van der Waals surface area contributed by atoms with E-state index in [1.54, 1.807) is 6.92 Å². The van der Waals surface area contributed by atoms with Crippen molar-refractivity contribution in [3.05, 3.63) is 12.2 Å². The van der Waals surface area contributed by atoms with Crippen LogP contribution in [0.15, 0.2) is 12.2 Å². The summed E-state index contributed by atoms with van der Waals surface area (Å²) >= 11 is 0. The largest absolute Gasteiger partial charge is 0.464 e. The number of Topliss-reactive ketones (excluding diaryl/α,β-unsaturated/α-hetero) is 1. The molecule has 0 amide bonds. The number of nitrogens with zero attached hydrogens (tertiary/aromatic N) is 1. The number of carbonyl (C=O) groups is 2. The lowest BCUT2D eigenvalue weighted by atomic mass is 9.87. The third-order valence-corrected chi connectivity index (χ3v) is 3.84. The molecule has 1 fully saturated rings. The number of ether oxygens (including phenoxy) is 1. The van der Waals surface area contributed by atoms with Crippen molar-refractivity contribution < 1.29 is 14.3 Å². The molecule has 0 radical (unpaired) electrons. The van der Waals surface area contributed by atoms with Gasteiger partial charge >= 0.3 is 5.97 Å². The van der Waals surface area contributed by atoms with Crippen LogP contribution in [0.2, 0.25) is 0 Å². The first-order valence-electron chi connectivity index (χ1n) is 6.82. The summed E-state index contributed by atoms with van der Waals surface area (Å²) < 4.78 is 5.19. The predicted octanol–water partition coefficient (Wildman–Crippen LogP) is 1.69. The first kappa shape index (κ1) is 13.3. The fraction of sp³-hybridized carbons (Fsp3) is 0.714. The molecule has 1 saturated heterocycles. The summed E-state index contributed by atoms with van der Waals surface area (Å²) in [6.07, 6.45) is 7.72. The molecule has 0 aliphatic carbocycles. The maximum Gasteiger partial charge on any atom is 0.334 e. The van der Waals surface area contributed by atoms with Crippen molar-refractivity contribution in [2.45, 2.75) is 44.6 Å². The van der Waals surface area contributed by atoms with Gasteiger partial charge in [0.05, 0.1) is 6.61 Å². The maximum atomic E-state index is 12.5. The molecule has 1 unspecified atom stereocenters. The molecule has 0 aromatic rings. The Balaban J connectivity index is 2.37. The van der Waals surface area contributed by atoms with Crippen LogP contribution in [-0.2, 0) is 14.3 Å². The van der Waals surface area contributed by atoms with Gasteiger partial charge < -0.3 is 4.74 Å². The molecular formula is C14H21NO3. The number of carbonyl (C=O) groups excluding carboxylic acids is 2. The van der Waals surface area contributed by atoms with Gasteiger partial charge in [0.1, 0.15) is 0 Å². The molecule has 0 saturated carbocycles. The van der Waals surface area contributed by atoms with Gasteiger partial charge in [-0.1, -0.05) is 12.2 Å². The van der Waals surface area contributed by atoms with Gasteiger partial charge in [-0.05, 0) is 32.7 Å². The van der Waals surface area contributed by atoms with E-state index in [-0.39, 0.29) is 11.8 Å². The van der Waals surface area contributed by atoms with Gasteiger partial charge in [0.2, 0.25) is 0 Å². The van der Waals surface area contributed by atoms with Crippen LogP contribution in [0.3, 0.4) is 0 Å². The van der Waals surface area contributed by atoms with Crippen LogP contribution in [0.1, 0.15) is 39.0 Å². The van der Waals surface area contributed by atoms with Gasteiger partial charge in [0, 0.05) is 19.4 Å². The van der Waals surface area contributed by atoms with Crippen molar-refractivity contribution in [2.24, 2.45) is 0 Å². The second-order valence-electron chi connectivity index (χ2n) is 4.91. The molecule has 2 heterocycles. The zero-order valence-corrected chi connectivity index (χ0v) is 11.0. The number of hydrogen-bond donors (Lipinski definition) is 0. The lowest BCUT2D eigenvalue weighted by molar-refractivity contribution is -0.162. The fourth-order valence-electron chi connectivity index (χ4n) is 2.89. The number of fused-ring (bicyclic) bond motifs is 1. The Labute approximate surface area is 108 Å². The van der Waals surface area contributed by atoms with E-state index >= 15 is 0 Å².